The second-order valence-electron chi connectivity index (χ2n) is 6.92. The highest BCUT2D eigenvalue weighted by molar-refractivity contribution is 7.99. The second kappa shape index (κ2) is 9.07. The van der Waals surface area contributed by atoms with Gasteiger partial charge in [-0.3, -0.25) is 9.59 Å². The van der Waals surface area contributed by atoms with Crippen LogP contribution < -0.4 is 16.9 Å². The number of nitrogens with zero attached hydrogens (tertiary/aromatic N) is 3. The van der Waals surface area contributed by atoms with Crippen molar-refractivity contribution in [1.82, 2.24) is 14.9 Å². The van der Waals surface area contributed by atoms with Crippen LogP contribution in [0.15, 0.2) is 23.4 Å². The van der Waals surface area contributed by atoms with Gasteiger partial charge in [0.2, 0.25) is 11.1 Å². The fourth-order valence-electron chi connectivity index (χ4n) is 3.44. The Kier molecular flexibility index (Phi) is 6.42. The van der Waals surface area contributed by atoms with Gasteiger partial charge < -0.3 is 16.9 Å². The third-order valence-corrected chi connectivity index (χ3v) is 7.54. The van der Waals surface area contributed by atoms with Gasteiger partial charge in [-0.1, -0.05) is 35.0 Å². The van der Waals surface area contributed by atoms with Gasteiger partial charge in [-0.25, -0.2) is 4.68 Å². The van der Waals surface area contributed by atoms with Crippen molar-refractivity contribution in [2.75, 3.05) is 16.9 Å². The Morgan fingerprint density at radius 3 is 2.74 bits per heavy atom. The van der Waals surface area contributed by atoms with Crippen molar-refractivity contribution >= 4 is 63.1 Å². The van der Waals surface area contributed by atoms with Gasteiger partial charge in [0.25, 0.3) is 5.91 Å². The monoisotopic (exact) mass is 496 g/mol. The van der Waals surface area contributed by atoms with Gasteiger partial charge >= 0.3 is 0 Å². The number of nitrogens with two attached hydrogens (primary N) is 2. The molecule has 2 amide bonds. The van der Waals surface area contributed by atoms with Crippen molar-refractivity contribution < 1.29 is 9.59 Å². The number of fused-ring (bicyclic) bond motifs is 1. The van der Waals surface area contributed by atoms with E-state index in [1.807, 2.05) is 0 Å². The maximum Gasteiger partial charge on any atom is 0.251 e. The summed E-state index contributed by atoms with van der Waals surface area (Å²) in [6.07, 6.45) is 3.79. The first-order valence-corrected chi connectivity index (χ1v) is 11.9. The zero-order valence-electron chi connectivity index (χ0n) is 16.2. The van der Waals surface area contributed by atoms with Crippen LogP contribution in [0.25, 0.3) is 11.4 Å². The molecule has 0 aliphatic heterocycles. The number of anilines is 1. The minimum absolute atomic E-state index is 0.0322. The third-order valence-electron chi connectivity index (χ3n) is 4.84. The number of primary amides is 1. The van der Waals surface area contributed by atoms with Crippen LogP contribution in [0.4, 0.5) is 5.00 Å². The van der Waals surface area contributed by atoms with Crippen LogP contribution in [-0.2, 0) is 17.6 Å². The molecule has 0 unspecified atom stereocenters. The normalized spacial score (nSPS) is 13.1. The maximum atomic E-state index is 12.5. The van der Waals surface area contributed by atoms with Crippen molar-refractivity contribution in [3.8, 4) is 11.4 Å². The summed E-state index contributed by atoms with van der Waals surface area (Å²) >= 11 is 14.7. The molecule has 31 heavy (non-hydrogen) atoms. The van der Waals surface area contributed by atoms with Gasteiger partial charge in [-0.2, -0.15) is 0 Å². The third kappa shape index (κ3) is 4.52. The van der Waals surface area contributed by atoms with Crippen molar-refractivity contribution in [2.45, 2.75) is 30.8 Å². The van der Waals surface area contributed by atoms with Crippen LogP contribution in [0, 0.1) is 0 Å². The number of hydrogen-bond acceptors (Lipinski definition) is 7. The first-order valence-electron chi connectivity index (χ1n) is 9.38. The molecular weight excluding hydrogens is 479 g/mol. The first-order chi connectivity index (χ1) is 14.8. The average molecular weight is 497 g/mol. The Morgan fingerprint density at radius 2 is 2.00 bits per heavy atom. The lowest BCUT2D eigenvalue weighted by atomic mass is 9.95. The molecule has 5 N–H and O–H groups in total. The minimum atomic E-state index is -0.520. The topological polar surface area (TPSA) is 129 Å². The number of nitrogens with one attached hydrogen (secondary N) is 1. The van der Waals surface area contributed by atoms with Crippen LogP contribution in [0.5, 0.6) is 0 Å². The van der Waals surface area contributed by atoms with Crippen LogP contribution in [0.1, 0.15) is 33.6 Å². The molecule has 0 bridgehead atoms. The minimum Gasteiger partial charge on any atom is -0.365 e. The van der Waals surface area contributed by atoms with Crippen molar-refractivity contribution in [2.24, 2.45) is 5.73 Å². The van der Waals surface area contributed by atoms with Gasteiger partial charge in [0, 0.05) is 15.5 Å². The highest BCUT2D eigenvalue weighted by Crippen LogP contribution is 2.38. The fourth-order valence-corrected chi connectivity index (χ4v) is 5.90. The number of thiophene rings is 1. The van der Waals surface area contributed by atoms with E-state index in [1.165, 1.54) is 16.0 Å². The van der Waals surface area contributed by atoms with E-state index in [0.29, 0.717) is 37.2 Å². The van der Waals surface area contributed by atoms with Gasteiger partial charge in [0.1, 0.15) is 5.00 Å². The number of benzene rings is 1. The number of halogens is 2. The molecule has 3 aromatic rings. The number of amides is 2. The molecule has 12 heteroatoms. The summed E-state index contributed by atoms with van der Waals surface area (Å²) in [5.74, 6) is 5.67. The molecule has 0 radical (unpaired) electrons. The highest BCUT2D eigenvalue weighted by atomic mass is 35.5. The van der Waals surface area contributed by atoms with Crippen LogP contribution in [0.3, 0.4) is 0 Å². The average Bonchev–Trinajstić information content (AvgIpc) is 3.26. The van der Waals surface area contributed by atoms with Gasteiger partial charge in [-0.05, 0) is 49.4 Å². The van der Waals surface area contributed by atoms with E-state index in [9.17, 15) is 9.59 Å². The van der Waals surface area contributed by atoms with E-state index in [1.54, 1.807) is 18.2 Å². The first kappa shape index (κ1) is 21.9. The molecule has 0 saturated heterocycles. The number of hydrogen-bond donors (Lipinski definition) is 3. The molecule has 2 aromatic heterocycles. The zero-order valence-corrected chi connectivity index (χ0v) is 19.3. The lowest BCUT2D eigenvalue weighted by Gasteiger charge is -2.11. The molecule has 162 valence electrons. The maximum absolute atomic E-state index is 12.5. The quantitative estimate of drug-likeness (QED) is 0.352. The van der Waals surface area contributed by atoms with Crippen molar-refractivity contribution in [1.29, 1.82) is 0 Å². The summed E-state index contributed by atoms with van der Waals surface area (Å²) in [5.41, 5.74) is 7.55. The Hall–Kier alpha value is -2.27. The summed E-state index contributed by atoms with van der Waals surface area (Å²) in [6.45, 7) is 0. The highest BCUT2D eigenvalue weighted by Gasteiger charge is 2.25. The molecular formula is C19H18Cl2N6O2S2. The number of aromatic nitrogens is 3. The second-order valence-corrected chi connectivity index (χ2v) is 9.81. The number of carbonyl (C=O) groups excluding carboxylic acids is 2. The smallest absolute Gasteiger partial charge is 0.251 e. The largest absolute Gasteiger partial charge is 0.365 e. The van der Waals surface area contributed by atoms with Crippen LogP contribution in [0.2, 0.25) is 10.0 Å². The van der Waals surface area contributed by atoms with E-state index in [0.717, 1.165) is 47.9 Å². The molecule has 0 atom stereocenters. The molecule has 0 fully saturated rings. The molecule has 1 aliphatic rings. The summed E-state index contributed by atoms with van der Waals surface area (Å²) in [4.78, 5) is 25.6. The van der Waals surface area contributed by atoms with E-state index in [2.05, 4.69) is 15.5 Å². The molecule has 2 heterocycles. The molecule has 8 nitrogen and oxygen atoms in total. The number of rotatable bonds is 6. The van der Waals surface area contributed by atoms with Gasteiger partial charge in [0.15, 0.2) is 5.82 Å². The lowest BCUT2D eigenvalue weighted by Crippen LogP contribution is -2.20. The summed E-state index contributed by atoms with van der Waals surface area (Å²) < 4.78 is 1.27. The van der Waals surface area contributed by atoms with Gasteiger partial charge in [-0.15, -0.1) is 21.5 Å². The van der Waals surface area contributed by atoms with Crippen LogP contribution >= 0.6 is 46.3 Å². The molecule has 0 spiro atoms. The predicted octanol–water partition coefficient (Wildman–Crippen LogP) is 3.74. The summed E-state index contributed by atoms with van der Waals surface area (Å²) in [5, 5.41) is 12.7. The van der Waals surface area contributed by atoms with Crippen molar-refractivity contribution in [3.05, 3.63) is 44.2 Å². The number of nitrogen functional groups attached to an aromatic ring is 1. The Balaban J connectivity index is 1.46. The predicted molar refractivity (Wildman–Crippen MR) is 124 cm³/mol. The summed E-state index contributed by atoms with van der Waals surface area (Å²) in [6, 6.07) is 4.96. The van der Waals surface area contributed by atoms with Crippen LogP contribution in [-0.4, -0.2) is 32.4 Å². The SMILES string of the molecule is NC(=O)c1c(NC(=O)CSc2nnc(-c3ccc(Cl)cc3Cl)n2N)sc2c1CCCC2. The van der Waals surface area contributed by atoms with Crippen molar-refractivity contribution in [3.63, 3.8) is 0 Å². The number of thioether (sulfide) groups is 1. The molecule has 1 aromatic carbocycles. The number of carbonyl (C=O) groups is 2. The molecule has 1 aliphatic carbocycles. The molecule has 0 saturated carbocycles. The summed E-state index contributed by atoms with van der Waals surface area (Å²) in [7, 11) is 0. The Bertz CT molecular complexity index is 1180. The lowest BCUT2D eigenvalue weighted by molar-refractivity contribution is -0.113. The zero-order chi connectivity index (χ0) is 22.1. The molecule has 4 rings (SSSR count). The fraction of sp³-hybridized carbons (Fsp3) is 0.263. The Labute approximate surface area is 196 Å². The van der Waals surface area contributed by atoms with E-state index >= 15 is 0 Å². The standard InChI is InChI=1S/C19H18Cl2N6O2S2/c20-9-5-6-10(12(21)7-9)17-25-26-19(27(17)23)30-8-14(28)24-18-15(16(22)29)11-3-1-2-4-13(11)31-18/h5-7H,1-4,8,23H2,(H2,22,29)(H,24,28). The van der Waals surface area contributed by atoms with E-state index in [4.69, 9.17) is 34.8 Å². The number of aryl methyl sites for hydroxylation is 1. The van der Waals surface area contributed by atoms with E-state index < -0.39 is 5.91 Å². The van der Waals surface area contributed by atoms with E-state index in [-0.39, 0.29) is 11.7 Å². The Morgan fingerprint density at radius 1 is 1.23 bits per heavy atom. The van der Waals surface area contributed by atoms with Gasteiger partial charge in [0.05, 0.1) is 16.3 Å².